The Hall–Kier alpha value is -2.82. The average Bonchev–Trinajstić information content (AvgIpc) is 3.18. The number of hydrogen-bond donors (Lipinski definition) is 1. The van der Waals surface area contributed by atoms with Crippen molar-refractivity contribution in [2.24, 2.45) is 0 Å². The lowest BCUT2D eigenvalue weighted by Gasteiger charge is -2.37. The Morgan fingerprint density at radius 1 is 1.25 bits per heavy atom. The van der Waals surface area contributed by atoms with Crippen LogP contribution >= 0.6 is 12.2 Å². The minimum Gasteiger partial charge on any atom is -0.467 e. The summed E-state index contributed by atoms with van der Waals surface area (Å²) in [6, 6.07) is 6.19. The molecular weight excluding hydrogens is 397 g/mol. The van der Waals surface area contributed by atoms with Crippen LogP contribution < -0.4 is 10.2 Å². The number of alkyl halides is 3. The van der Waals surface area contributed by atoms with Crippen LogP contribution in [0.25, 0.3) is 0 Å². The van der Waals surface area contributed by atoms with Gasteiger partial charge in [0.15, 0.2) is 5.11 Å². The van der Waals surface area contributed by atoms with E-state index >= 15 is 0 Å². The number of halogens is 3. The molecule has 0 bridgehead atoms. The Labute approximate surface area is 163 Å². The van der Waals surface area contributed by atoms with E-state index in [2.05, 4.69) is 5.32 Å². The first-order valence-corrected chi connectivity index (χ1v) is 8.82. The van der Waals surface area contributed by atoms with Gasteiger partial charge in [-0.2, -0.15) is 13.2 Å². The lowest BCUT2D eigenvalue weighted by atomic mass is 10.1. The van der Waals surface area contributed by atoms with Gasteiger partial charge in [0.05, 0.1) is 23.3 Å². The van der Waals surface area contributed by atoms with Gasteiger partial charge in [0, 0.05) is 32.2 Å². The largest absolute Gasteiger partial charge is 0.467 e. The second kappa shape index (κ2) is 8.05. The summed E-state index contributed by atoms with van der Waals surface area (Å²) in [5, 5.41) is 14.9. The molecule has 1 N–H and O–H groups in total. The van der Waals surface area contributed by atoms with Gasteiger partial charge in [-0.25, -0.2) is 0 Å². The Kier molecular flexibility index (Phi) is 5.73. The van der Waals surface area contributed by atoms with Gasteiger partial charge in [-0.05, 0) is 36.5 Å². The summed E-state index contributed by atoms with van der Waals surface area (Å²) >= 11 is 5.35. The van der Waals surface area contributed by atoms with Gasteiger partial charge in [0.25, 0.3) is 5.69 Å². The number of nitro groups is 1. The number of nitrogens with one attached hydrogen (secondary N) is 1. The molecule has 2 heterocycles. The molecular formula is C17H17F3N4O3S. The van der Waals surface area contributed by atoms with E-state index in [9.17, 15) is 23.3 Å². The molecule has 0 atom stereocenters. The molecule has 0 unspecified atom stereocenters. The first-order valence-electron chi connectivity index (χ1n) is 8.41. The molecule has 150 valence electrons. The van der Waals surface area contributed by atoms with Gasteiger partial charge in [-0.3, -0.25) is 10.1 Å². The monoisotopic (exact) mass is 414 g/mol. The summed E-state index contributed by atoms with van der Waals surface area (Å²) in [5.74, 6) is 0.737. The van der Waals surface area contributed by atoms with Crippen LogP contribution in [0.3, 0.4) is 0 Å². The third-order valence-corrected chi connectivity index (χ3v) is 4.80. The lowest BCUT2D eigenvalue weighted by molar-refractivity contribution is -0.384. The molecule has 1 saturated heterocycles. The van der Waals surface area contributed by atoms with Crippen LogP contribution in [0.4, 0.5) is 24.5 Å². The second-order valence-corrected chi connectivity index (χ2v) is 6.56. The molecule has 7 nitrogen and oxygen atoms in total. The molecule has 2 aromatic rings. The normalized spacial score (nSPS) is 14.8. The van der Waals surface area contributed by atoms with Gasteiger partial charge < -0.3 is 19.5 Å². The predicted octanol–water partition coefficient (Wildman–Crippen LogP) is 3.40. The topological polar surface area (TPSA) is 74.8 Å². The fourth-order valence-corrected chi connectivity index (χ4v) is 3.21. The van der Waals surface area contributed by atoms with Crippen molar-refractivity contribution in [1.82, 2.24) is 10.2 Å². The molecule has 1 aliphatic rings. The number of thiocarbonyl (C=S) groups is 1. The van der Waals surface area contributed by atoms with Crippen LogP contribution in [-0.2, 0) is 12.7 Å². The smallest absolute Gasteiger partial charge is 0.416 e. The van der Waals surface area contributed by atoms with Gasteiger partial charge >= 0.3 is 6.18 Å². The molecule has 28 heavy (non-hydrogen) atoms. The molecule has 3 rings (SSSR count). The Balaban J connectivity index is 1.64. The summed E-state index contributed by atoms with van der Waals surface area (Å²) < 4.78 is 43.8. The number of furan rings is 1. The van der Waals surface area contributed by atoms with Crippen molar-refractivity contribution in [2.75, 3.05) is 31.1 Å². The summed E-state index contributed by atoms with van der Waals surface area (Å²) in [4.78, 5) is 14.1. The fourth-order valence-electron chi connectivity index (χ4n) is 2.95. The van der Waals surface area contributed by atoms with E-state index in [0.717, 1.165) is 17.9 Å². The van der Waals surface area contributed by atoms with Gasteiger partial charge in [-0.1, -0.05) is 0 Å². The van der Waals surface area contributed by atoms with Crippen LogP contribution in [0.2, 0.25) is 0 Å². The number of hydrogen-bond acceptors (Lipinski definition) is 5. The van der Waals surface area contributed by atoms with Crippen molar-refractivity contribution in [3.63, 3.8) is 0 Å². The van der Waals surface area contributed by atoms with E-state index in [4.69, 9.17) is 16.6 Å². The van der Waals surface area contributed by atoms with E-state index in [1.54, 1.807) is 17.2 Å². The Bertz CT molecular complexity index is 850. The van der Waals surface area contributed by atoms with Gasteiger partial charge in [0.1, 0.15) is 11.4 Å². The second-order valence-electron chi connectivity index (χ2n) is 6.17. The van der Waals surface area contributed by atoms with Crippen molar-refractivity contribution in [1.29, 1.82) is 0 Å². The highest BCUT2D eigenvalue weighted by atomic mass is 32.1. The first-order chi connectivity index (χ1) is 13.3. The summed E-state index contributed by atoms with van der Waals surface area (Å²) in [5.41, 5.74) is -1.42. The third-order valence-electron chi connectivity index (χ3n) is 4.40. The highest BCUT2D eigenvalue weighted by molar-refractivity contribution is 7.80. The molecule has 1 aromatic carbocycles. The van der Waals surface area contributed by atoms with Crippen molar-refractivity contribution in [2.45, 2.75) is 12.7 Å². The number of piperazine rings is 1. The maximum atomic E-state index is 12.8. The molecule has 0 saturated carbocycles. The summed E-state index contributed by atoms with van der Waals surface area (Å²) in [6.07, 6.45) is -3.07. The van der Waals surface area contributed by atoms with E-state index in [1.165, 1.54) is 0 Å². The van der Waals surface area contributed by atoms with Crippen molar-refractivity contribution in [3.8, 4) is 0 Å². The Morgan fingerprint density at radius 3 is 2.54 bits per heavy atom. The molecule has 11 heteroatoms. The third kappa shape index (κ3) is 4.53. The number of nitro benzene ring substituents is 1. The summed E-state index contributed by atoms with van der Waals surface area (Å²) in [6.45, 7) is 2.21. The number of anilines is 1. The van der Waals surface area contributed by atoms with E-state index in [-0.39, 0.29) is 5.69 Å². The van der Waals surface area contributed by atoms with Crippen LogP contribution in [0.5, 0.6) is 0 Å². The van der Waals surface area contributed by atoms with Gasteiger partial charge in [-0.15, -0.1) is 0 Å². The highest BCUT2D eigenvalue weighted by Gasteiger charge is 2.34. The van der Waals surface area contributed by atoms with Crippen LogP contribution in [0, 0.1) is 10.1 Å². The van der Waals surface area contributed by atoms with E-state index in [1.807, 2.05) is 11.0 Å². The standard InChI is InChI=1S/C17H17F3N4O3S/c18-17(19,20)12-3-4-14(15(10-12)24(25)26)22-5-7-23(8-6-22)16(28)21-11-13-2-1-9-27-13/h1-4,9-10H,5-8,11H2,(H,21,28). The SMILES string of the molecule is O=[N+]([O-])c1cc(C(F)(F)F)ccc1N1CCN(C(=S)NCc2ccco2)CC1. The first kappa shape index (κ1) is 19.9. The van der Waals surface area contributed by atoms with Crippen molar-refractivity contribution in [3.05, 3.63) is 58.0 Å². The number of rotatable bonds is 4. The van der Waals surface area contributed by atoms with E-state index in [0.29, 0.717) is 43.9 Å². The molecule has 1 fully saturated rings. The minimum absolute atomic E-state index is 0.173. The average molecular weight is 414 g/mol. The quantitative estimate of drug-likeness (QED) is 0.467. The molecule has 1 aromatic heterocycles. The molecule has 0 aliphatic carbocycles. The van der Waals surface area contributed by atoms with Gasteiger partial charge in [0.2, 0.25) is 0 Å². The minimum atomic E-state index is -4.63. The zero-order chi connectivity index (χ0) is 20.3. The van der Waals surface area contributed by atoms with E-state index < -0.39 is 22.4 Å². The fraction of sp³-hybridized carbons (Fsp3) is 0.353. The van der Waals surface area contributed by atoms with Crippen molar-refractivity contribution < 1.29 is 22.5 Å². The molecule has 0 amide bonds. The van der Waals surface area contributed by atoms with Crippen LogP contribution in [-0.4, -0.2) is 41.1 Å². The lowest BCUT2D eigenvalue weighted by Crippen LogP contribution is -2.51. The molecule has 0 spiro atoms. The highest BCUT2D eigenvalue weighted by Crippen LogP contribution is 2.36. The van der Waals surface area contributed by atoms with Crippen LogP contribution in [0.1, 0.15) is 11.3 Å². The maximum absolute atomic E-state index is 12.8. The zero-order valence-corrected chi connectivity index (χ0v) is 15.4. The Morgan fingerprint density at radius 2 is 1.96 bits per heavy atom. The predicted molar refractivity (Wildman–Crippen MR) is 100 cm³/mol. The maximum Gasteiger partial charge on any atom is 0.416 e. The zero-order valence-electron chi connectivity index (χ0n) is 14.6. The number of benzene rings is 1. The molecule has 1 aliphatic heterocycles. The molecule has 0 radical (unpaired) electrons. The van der Waals surface area contributed by atoms with Crippen molar-refractivity contribution >= 4 is 28.7 Å². The summed E-state index contributed by atoms with van der Waals surface area (Å²) in [7, 11) is 0. The van der Waals surface area contributed by atoms with Crippen LogP contribution in [0.15, 0.2) is 41.0 Å². The number of nitrogens with zero attached hydrogens (tertiary/aromatic N) is 3.